The predicted octanol–water partition coefficient (Wildman–Crippen LogP) is 5.31. The Hall–Kier alpha value is -3.86. The number of aromatic nitrogens is 2. The number of furan rings is 1. The standard InChI is InChI=1S/C23H17N3O2/c1-15-10-11-26-14-19(25-22(26)12-15)16-6-8-18(9-7-16)24-23(27)21-13-17-4-2-3-5-20(17)28-21/h2-14H,1H3,(H,24,27). The maximum absolute atomic E-state index is 12.5. The van der Waals surface area contributed by atoms with Crippen molar-refractivity contribution in [3.8, 4) is 11.3 Å². The lowest BCUT2D eigenvalue weighted by molar-refractivity contribution is 0.0998. The number of hydrogen-bond donors (Lipinski definition) is 1. The molecule has 0 atom stereocenters. The molecule has 0 fully saturated rings. The molecule has 5 heteroatoms. The van der Waals surface area contributed by atoms with Gasteiger partial charge in [0, 0.05) is 29.0 Å². The molecule has 0 aliphatic carbocycles. The molecular weight excluding hydrogens is 350 g/mol. The fourth-order valence-electron chi connectivity index (χ4n) is 3.23. The molecule has 0 saturated heterocycles. The summed E-state index contributed by atoms with van der Waals surface area (Å²) >= 11 is 0. The molecule has 0 aliphatic heterocycles. The molecule has 1 N–H and O–H groups in total. The number of imidazole rings is 1. The lowest BCUT2D eigenvalue weighted by atomic mass is 10.1. The van der Waals surface area contributed by atoms with Crippen molar-refractivity contribution in [2.45, 2.75) is 6.92 Å². The van der Waals surface area contributed by atoms with Crippen molar-refractivity contribution in [3.05, 3.63) is 90.4 Å². The first-order valence-electron chi connectivity index (χ1n) is 9.01. The van der Waals surface area contributed by atoms with E-state index >= 15 is 0 Å². The molecule has 3 heterocycles. The van der Waals surface area contributed by atoms with Crippen LogP contribution in [0.15, 0.2) is 83.5 Å². The molecule has 2 aromatic carbocycles. The Morgan fingerprint density at radius 2 is 1.86 bits per heavy atom. The van der Waals surface area contributed by atoms with E-state index in [-0.39, 0.29) is 5.91 Å². The molecule has 0 unspecified atom stereocenters. The molecule has 5 rings (SSSR count). The van der Waals surface area contributed by atoms with Crippen LogP contribution in [0.2, 0.25) is 0 Å². The van der Waals surface area contributed by atoms with Crippen LogP contribution in [0.25, 0.3) is 27.9 Å². The zero-order chi connectivity index (χ0) is 19.1. The molecule has 0 radical (unpaired) electrons. The predicted molar refractivity (Wildman–Crippen MR) is 110 cm³/mol. The van der Waals surface area contributed by atoms with Gasteiger partial charge in [0.25, 0.3) is 5.91 Å². The summed E-state index contributed by atoms with van der Waals surface area (Å²) in [6.45, 7) is 2.05. The van der Waals surface area contributed by atoms with Crippen LogP contribution in [-0.2, 0) is 0 Å². The third-order valence-corrected chi connectivity index (χ3v) is 4.70. The second kappa shape index (κ2) is 6.39. The van der Waals surface area contributed by atoms with Gasteiger partial charge in [-0.1, -0.05) is 30.3 Å². The first kappa shape index (κ1) is 16.3. The average molecular weight is 367 g/mol. The first-order valence-corrected chi connectivity index (χ1v) is 9.01. The number of anilines is 1. The van der Waals surface area contributed by atoms with Crippen LogP contribution in [0.3, 0.4) is 0 Å². The molecule has 3 aromatic heterocycles. The van der Waals surface area contributed by atoms with E-state index < -0.39 is 0 Å². The van der Waals surface area contributed by atoms with E-state index in [4.69, 9.17) is 4.42 Å². The van der Waals surface area contributed by atoms with E-state index in [9.17, 15) is 4.79 Å². The SMILES string of the molecule is Cc1ccn2cc(-c3ccc(NC(=O)c4cc5ccccc5o4)cc3)nc2c1. The van der Waals surface area contributed by atoms with Crippen molar-refractivity contribution in [2.75, 3.05) is 5.32 Å². The van der Waals surface area contributed by atoms with Gasteiger partial charge >= 0.3 is 0 Å². The number of benzene rings is 2. The number of nitrogens with zero attached hydrogens (tertiary/aromatic N) is 2. The van der Waals surface area contributed by atoms with E-state index in [2.05, 4.69) is 16.4 Å². The maximum atomic E-state index is 12.5. The summed E-state index contributed by atoms with van der Waals surface area (Å²) < 4.78 is 7.61. The fourth-order valence-corrected chi connectivity index (χ4v) is 3.23. The molecule has 0 aliphatic rings. The highest BCUT2D eigenvalue weighted by Crippen LogP contribution is 2.23. The summed E-state index contributed by atoms with van der Waals surface area (Å²) in [5.74, 6) is 0.0214. The average Bonchev–Trinajstić information content (AvgIpc) is 3.32. The Morgan fingerprint density at radius 1 is 1.04 bits per heavy atom. The van der Waals surface area contributed by atoms with Gasteiger partial charge in [-0.25, -0.2) is 4.98 Å². The number of aryl methyl sites for hydroxylation is 1. The highest BCUT2D eigenvalue weighted by Gasteiger charge is 2.12. The lowest BCUT2D eigenvalue weighted by Crippen LogP contribution is -2.10. The number of pyridine rings is 1. The Morgan fingerprint density at radius 3 is 2.68 bits per heavy atom. The molecule has 28 heavy (non-hydrogen) atoms. The van der Waals surface area contributed by atoms with Gasteiger partial charge in [-0.2, -0.15) is 0 Å². The third kappa shape index (κ3) is 2.93. The minimum Gasteiger partial charge on any atom is -0.451 e. The van der Waals surface area contributed by atoms with Crippen molar-refractivity contribution in [2.24, 2.45) is 0 Å². The van der Waals surface area contributed by atoms with E-state index in [1.165, 1.54) is 5.56 Å². The fraction of sp³-hybridized carbons (Fsp3) is 0.0435. The number of fused-ring (bicyclic) bond motifs is 2. The number of hydrogen-bond acceptors (Lipinski definition) is 3. The zero-order valence-electron chi connectivity index (χ0n) is 15.2. The topological polar surface area (TPSA) is 59.5 Å². The molecule has 5 aromatic rings. The van der Waals surface area contributed by atoms with Gasteiger partial charge in [-0.3, -0.25) is 4.79 Å². The number of nitrogens with one attached hydrogen (secondary N) is 1. The number of carbonyl (C=O) groups is 1. The van der Waals surface area contributed by atoms with Gasteiger partial charge in [0.15, 0.2) is 5.76 Å². The Kier molecular flexibility index (Phi) is 3.72. The molecule has 0 spiro atoms. The molecular formula is C23H17N3O2. The lowest BCUT2D eigenvalue weighted by Gasteiger charge is -2.04. The van der Waals surface area contributed by atoms with Gasteiger partial charge in [0.1, 0.15) is 11.2 Å². The van der Waals surface area contributed by atoms with Crippen LogP contribution in [0.4, 0.5) is 5.69 Å². The normalized spacial score (nSPS) is 11.2. The summed E-state index contributed by atoms with van der Waals surface area (Å²) in [7, 11) is 0. The van der Waals surface area contributed by atoms with Crippen molar-refractivity contribution in [1.82, 2.24) is 9.38 Å². The molecule has 0 bridgehead atoms. The van der Waals surface area contributed by atoms with Crippen LogP contribution in [0.5, 0.6) is 0 Å². The second-order valence-corrected chi connectivity index (χ2v) is 6.78. The van der Waals surface area contributed by atoms with Crippen molar-refractivity contribution < 1.29 is 9.21 Å². The number of carbonyl (C=O) groups excluding carboxylic acids is 1. The van der Waals surface area contributed by atoms with Gasteiger partial charge in [-0.05, 0) is 48.9 Å². The summed E-state index contributed by atoms with van der Waals surface area (Å²) in [4.78, 5) is 17.1. The van der Waals surface area contributed by atoms with Crippen molar-refractivity contribution >= 4 is 28.2 Å². The molecule has 1 amide bonds. The van der Waals surface area contributed by atoms with Gasteiger partial charge < -0.3 is 14.1 Å². The Bertz CT molecular complexity index is 1280. The van der Waals surface area contributed by atoms with E-state index in [1.54, 1.807) is 6.07 Å². The Balaban J connectivity index is 1.37. The maximum Gasteiger partial charge on any atom is 0.291 e. The van der Waals surface area contributed by atoms with Crippen LogP contribution in [-0.4, -0.2) is 15.3 Å². The number of amides is 1. The summed E-state index contributed by atoms with van der Waals surface area (Å²) in [6, 6.07) is 21.0. The third-order valence-electron chi connectivity index (χ3n) is 4.70. The largest absolute Gasteiger partial charge is 0.451 e. The number of para-hydroxylation sites is 1. The van der Waals surface area contributed by atoms with Crippen molar-refractivity contribution in [3.63, 3.8) is 0 Å². The zero-order valence-corrected chi connectivity index (χ0v) is 15.2. The highest BCUT2D eigenvalue weighted by molar-refractivity contribution is 6.04. The van der Waals surface area contributed by atoms with Crippen LogP contribution in [0.1, 0.15) is 16.1 Å². The summed E-state index contributed by atoms with van der Waals surface area (Å²) in [5, 5.41) is 3.78. The number of rotatable bonds is 3. The Labute approximate surface area is 161 Å². The smallest absolute Gasteiger partial charge is 0.291 e. The van der Waals surface area contributed by atoms with E-state index in [0.717, 1.165) is 22.3 Å². The first-order chi connectivity index (χ1) is 13.7. The molecule has 0 saturated carbocycles. The van der Waals surface area contributed by atoms with E-state index in [1.807, 2.05) is 78.3 Å². The van der Waals surface area contributed by atoms with Crippen LogP contribution >= 0.6 is 0 Å². The van der Waals surface area contributed by atoms with Gasteiger partial charge in [0.2, 0.25) is 0 Å². The summed E-state index contributed by atoms with van der Waals surface area (Å²) in [6.07, 6.45) is 4.00. The van der Waals surface area contributed by atoms with E-state index in [0.29, 0.717) is 17.0 Å². The highest BCUT2D eigenvalue weighted by atomic mass is 16.3. The summed E-state index contributed by atoms with van der Waals surface area (Å²) in [5.41, 5.74) is 5.37. The van der Waals surface area contributed by atoms with Crippen LogP contribution < -0.4 is 5.32 Å². The van der Waals surface area contributed by atoms with Gasteiger partial charge in [-0.15, -0.1) is 0 Å². The van der Waals surface area contributed by atoms with Crippen LogP contribution in [0, 0.1) is 6.92 Å². The minimum atomic E-state index is -0.271. The molecule has 136 valence electrons. The monoisotopic (exact) mass is 367 g/mol. The minimum absolute atomic E-state index is 0.271. The molecule has 5 nitrogen and oxygen atoms in total. The van der Waals surface area contributed by atoms with Crippen molar-refractivity contribution in [1.29, 1.82) is 0 Å². The van der Waals surface area contributed by atoms with Gasteiger partial charge in [0.05, 0.1) is 5.69 Å². The quantitative estimate of drug-likeness (QED) is 0.470. The second-order valence-electron chi connectivity index (χ2n) is 6.78.